The first-order chi connectivity index (χ1) is 11.7. The predicted octanol–water partition coefficient (Wildman–Crippen LogP) is 6.44. The molecule has 0 aliphatic heterocycles. The first-order valence-electron chi connectivity index (χ1n) is 8.85. The van der Waals surface area contributed by atoms with Crippen LogP contribution in [0.5, 0.6) is 0 Å². The van der Waals surface area contributed by atoms with Crippen molar-refractivity contribution in [1.29, 1.82) is 0 Å². The molecule has 0 aromatic heterocycles. The highest BCUT2D eigenvalue weighted by molar-refractivity contribution is 9.10. The average molecular weight is 402 g/mol. The molecule has 0 fully saturated rings. The number of hydrogen-bond donors (Lipinski definition) is 1. The van der Waals surface area contributed by atoms with Crippen LogP contribution in [0.15, 0.2) is 46.9 Å². The van der Waals surface area contributed by atoms with Crippen molar-refractivity contribution in [1.82, 2.24) is 0 Å². The second-order valence-corrected chi connectivity index (χ2v) is 8.74. The summed E-state index contributed by atoms with van der Waals surface area (Å²) in [5, 5.41) is 3.00. The number of rotatable bonds is 5. The van der Waals surface area contributed by atoms with Gasteiger partial charge in [0, 0.05) is 10.9 Å². The lowest BCUT2D eigenvalue weighted by atomic mass is 9.87. The summed E-state index contributed by atoms with van der Waals surface area (Å²) in [6.07, 6.45) is 1.23. The Morgan fingerprint density at radius 3 is 2.24 bits per heavy atom. The van der Waals surface area contributed by atoms with E-state index < -0.39 is 0 Å². The number of nitrogens with one attached hydrogen (secondary N) is 1. The number of carbonyl (C=O) groups excluding carboxylic acids is 1. The normalized spacial score (nSPS) is 11.6. The summed E-state index contributed by atoms with van der Waals surface area (Å²) in [6.45, 7) is 10.9. The van der Waals surface area contributed by atoms with Gasteiger partial charge < -0.3 is 5.32 Å². The number of carbonyl (C=O) groups is 1. The highest BCUT2D eigenvalue weighted by Gasteiger charge is 2.15. The van der Waals surface area contributed by atoms with Gasteiger partial charge in [-0.05, 0) is 62.5 Å². The number of aryl methyl sites for hydroxylation is 1. The third-order valence-corrected chi connectivity index (χ3v) is 5.05. The van der Waals surface area contributed by atoms with Gasteiger partial charge in [-0.15, -0.1) is 0 Å². The van der Waals surface area contributed by atoms with Crippen LogP contribution in [0.25, 0.3) is 0 Å². The molecule has 0 saturated carbocycles. The van der Waals surface area contributed by atoms with Gasteiger partial charge in [0.05, 0.1) is 5.69 Å². The molecule has 1 N–H and O–H groups in total. The minimum Gasteiger partial charge on any atom is -0.325 e. The summed E-state index contributed by atoms with van der Waals surface area (Å²) in [6, 6.07) is 14.7. The number of halogens is 1. The lowest BCUT2D eigenvalue weighted by Crippen LogP contribution is -2.14. The summed E-state index contributed by atoms with van der Waals surface area (Å²) >= 11 is 3.57. The molecule has 2 nitrogen and oxygen atoms in total. The molecule has 2 aromatic rings. The topological polar surface area (TPSA) is 29.1 Å². The second kappa shape index (κ2) is 8.18. The molecule has 0 aliphatic carbocycles. The molecule has 3 heteroatoms. The van der Waals surface area contributed by atoms with Crippen molar-refractivity contribution in [3.05, 3.63) is 63.6 Å². The highest BCUT2D eigenvalue weighted by atomic mass is 79.9. The first-order valence-corrected chi connectivity index (χ1v) is 9.65. The smallest absolute Gasteiger partial charge is 0.224 e. The first kappa shape index (κ1) is 19.7. The van der Waals surface area contributed by atoms with Crippen LogP contribution in [0.2, 0.25) is 0 Å². The fourth-order valence-corrected chi connectivity index (χ4v) is 3.10. The van der Waals surface area contributed by atoms with E-state index in [9.17, 15) is 4.79 Å². The molecule has 2 rings (SSSR count). The van der Waals surface area contributed by atoms with Gasteiger partial charge in [0.2, 0.25) is 5.91 Å². The van der Waals surface area contributed by atoms with Crippen LogP contribution in [0.1, 0.15) is 63.6 Å². The minimum atomic E-state index is 0.0390. The number of anilines is 1. The Morgan fingerprint density at radius 1 is 1.08 bits per heavy atom. The number of hydrogen-bond acceptors (Lipinski definition) is 1. The molecule has 134 valence electrons. The van der Waals surface area contributed by atoms with E-state index in [1.165, 1.54) is 16.7 Å². The van der Waals surface area contributed by atoms with Crippen LogP contribution in [0.4, 0.5) is 5.69 Å². The van der Waals surface area contributed by atoms with Crippen molar-refractivity contribution in [3.8, 4) is 0 Å². The third-order valence-electron chi connectivity index (χ3n) is 4.40. The van der Waals surface area contributed by atoms with Gasteiger partial charge in [-0.3, -0.25) is 4.79 Å². The number of benzene rings is 2. The summed E-state index contributed by atoms with van der Waals surface area (Å²) in [5.74, 6) is 0.572. The van der Waals surface area contributed by atoms with Crippen molar-refractivity contribution in [3.63, 3.8) is 0 Å². The van der Waals surface area contributed by atoms with Crippen molar-refractivity contribution >= 4 is 27.5 Å². The molecule has 0 spiro atoms. The Labute approximate surface area is 160 Å². The summed E-state index contributed by atoms with van der Waals surface area (Å²) in [4.78, 5) is 12.3. The van der Waals surface area contributed by atoms with Crippen molar-refractivity contribution in [2.24, 2.45) is 0 Å². The van der Waals surface area contributed by atoms with Crippen LogP contribution >= 0.6 is 15.9 Å². The molecule has 0 bridgehead atoms. The molecular weight excluding hydrogens is 374 g/mol. The Balaban J connectivity index is 1.94. The van der Waals surface area contributed by atoms with Crippen molar-refractivity contribution in [2.45, 2.75) is 58.8 Å². The average Bonchev–Trinajstić information content (AvgIpc) is 2.54. The lowest BCUT2D eigenvalue weighted by molar-refractivity contribution is -0.116. The van der Waals surface area contributed by atoms with E-state index in [4.69, 9.17) is 0 Å². The van der Waals surface area contributed by atoms with E-state index in [0.29, 0.717) is 12.3 Å². The van der Waals surface area contributed by atoms with Gasteiger partial charge in [0.25, 0.3) is 0 Å². The third kappa shape index (κ3) is 5.71. The van der Waals surface area contributed by atoms with E-state index in [0.717, 1.165) is 16.6 Å². The zero-order chi connectivity index (χ0) is 18.6. The fraction of sp³-hybridized carbons (Fsp3) is 0.409. The molecule has 0 radical (unpaired) electrons. The van der Waals surface area contributed by atoms with Crippen LogP contribution in [-0.2, 0) is 16.6 Å². The van der Waals surface area contributed by atoms with Crippen LogP contribution < -0.4 is 5.32 Å². The predicted molar refractivity (Wildman–Crippen MR) is 110 cm³/mol. The van der Waals surface area contributed by atoms with E-state index in [2.05, 4.69) is 92.3 Å². The molecule has 0 unspecified atom stereocenters. The van der Waals surface area contributed by atoms with Crippen LogP contribution in [0, 0.1) is 0 Å². The van der Waals surface area contributed by atoms with Gasteiger partial charge in [0.15, 0.2) is 0 Å². The standard InChI is InChI=1S/C22H28BrNO/c1-15(2)17-9-6-16(7-10-17)8-13-21(25)24-20-12-11-18(14-19(20)23)22(3,4)5/h6-7,9-12,14-15H,8,13H2,1-5H3,(H,24,25). The Bertz CT molecular complexity index is 727. The zero-order valence-electron chi connectivity index (χ0n) is 15.8. The van der Waals surface area contributed by atoms with Gasteiger partial charge >= 0.3 is 0 Å². The van der Waals surface area contributed by atoms with E-state index >= 15 is 0 Å². The second-order valence-electron chi connectivity index (χ2n) is 7.89. The molecule has 0 aliphatic rings. The Hall–Kier alpha value is -1.61. The summed E-state index contributed by atoms with van der Waals surface area (Å²) in [5.41, 5.74) is 4.68. The fourth-order valence-electron chi connectivity index (χ4n) is 2.62. The molecule has 1 amide bonds. The largest absolute Gasteiger partial charge is 0.325 e. The van der Waals surface area contributed by atoms with Gasteiger partial charge in [-0.25, -0.2) is 0 Å². The molecule has 0 heterocycles. The molecule has 25 heavy (non-hydrogen) atoms. The van der Waals surface area contributed by atoms with Gasteiger partial charge in [0.1, 0.15) is 0 Å². The SMILES string of the molecule is CC(C)c1ccc(CCC(=O)Nc2ccc(C(C)(C)C)cc2Br)cc1. The summed E-state index contributed by atoms with van der Waals surface area (Å²) in [7, 11) is 0. The quantitative estimate of drug-likeness (QED) is 0.613. The van der Waals surface area contributed by atoms with Crippen molar-refractivity contribution in [2.75, 3.05) is 5.32 Å². The maximum atomic E-state index is 12.3. The number of amides is 1. The maximum Gasteiger partial charge on any atom is 0.224 e. The molecule has 2 aromatic carbocycles. The highest BCUT2D eigenvalue weighted by Crippen LogP contribution is 2.30. The monoisotopic (exact) mass is 401 g/mol. The minimum absolute atomic E-state index is 0.0390. The van der Waals surface area contributed by atoms with E-state index in [1.807, 2.05) is 6.07 Å². The summed E-state index contributed by atoms with van der Waals surface area (Å²) < 4.78 is 0.926. The molecule has 0 atom stereocenters. The van der Waals surface area contributed by atoms with E-state index in [1.54, 1.807) is 0 Å². The van der Waals surface area contributed by atoms with Crippen LogP contribution in [0.3, 0.4) is 0 Å². The lowest BCUT2D eigenvalue weighted by Gasteiger charge is -2.20. The maximum absolute atomic E-state index is 12.3. The van der Waals surface area contributed by atoms with Gasteiger partial charge in [-0.1, -0.05) is 65.0 Å². The van der Waals surface area contributed by atoms with E-state index in [-0.39, 0.29) is 11.3 Å². The molecule has 0 saturated heterocycles. The Kier molecular flexibility index (Phi) is 6.45. The zero-order valence-corrected chi connectivity index (χ0v) is 17.4. The van der Waals surface area contributed by atoms with Gasteiger partial charge in [-0.2, -0.15) is 0 Å². The van der Waals surface area contributed by atoms with Crippen molar-refractivity contribution < 1.29 is 4.79 Å². The molecular formula is C22H28BrNO. The van der Waals surface area contributed by atoms with Crippen LogP contribution in [-0.4, -0.2) is 5.91 Å². The Morgan fingerprint density at radius 2 is 1.72 bits per heavy atom.